The minimum Gasteiger partial charge on any atom is -0.396 e. The molecule has 0 aromatic heterocycles. The van der Waals surface area contributed by atoms with Crippen LogP contribution in [0.1, 0.15) is 58.8 Å². The van der Waals surface area contributed by atoms with Crippen molar-refractivity contribution in [1.82, 2.24) is 0 Å². The summed E-state index contributed by atoms with van der Waals surface area (Å²) in [6, 6.07) is 0. The Morgan fingerprint density at radius 3 is 2.57 bits per heavy atom. The normalized spacial score (nSPS) is 30.2. The summed E-state index contributed by atoms with van der Waals surface area (Å²) in [5.41, 5.74) is 0. The molecule has 1 fully saturated rings. The van der Waals surface area contributed by atoms with Gasteiger partial charge in [-0.3, -0.25) is 0 Å². The van der Waals surface area contributed by atoms with Gasteiger partial charge in [0.15, 0.2) is 0 Å². The topological polar surface area (TPSA) is 20.2 Å². The van der Waals surface area contributed by atoms with E-state index in [0.717, 1.165) is 24.2 Å². The average molecular weight is 198 g/mol. The van der Waals surface area contributed by atoms with Gasteiger partial charge < -0.3 is 5.11 Å². The molecule has 0 spiro atoms. The fourth-order valence-corrected chi connectivity index (χ4v) is 2.98. The molecule has 0 aromatic carbocycles. The Kier molecular flexibility index (Phi) is 5.54. The average Bonchev–Trinajstić information content (AvgIpc) is 2.18. The van der Waals surface area contributed by atoms with E-state index in [1.165, 1.54) is 38.5 Å². The summed E-state index contributed by atoms with van der Waals surface area (Å²) in [5, 5.41) is 8.74. The van der Waals surface area contributed by atoms with Crippen molar-refractivity contribution in [2.24, 2.45) is 17.8 Å². The Hall–Kier alpha value is -0.0400. The third-order valence-electron chi connectivity index (χ3n) is 3.98. The van der Waals surface area contributed by atoms with Crippen LogP contribution in [-0.4, -0.2) is 11.7 Å². The van der Waals surface area contributed by atoms with Crippen LogP contribution in [0.3, 0.4) is 0 Å². The zero-order valence-electron chi connectivity index (χ0n) is 9.84. The van der Waals surface area contributed by atoms with Crippen molar-refractivity contribution >= 4 is 0 Å². The highest BCUT2D eigenvalue weighted by Gasteiger charge is 2.25. The predicted molar refractivity (Wildman–Crippen MR) is 61.2 cm³/mol. The summed E-state index contributed by atoms with van der Waals surface area (Å²) in [6.07, 6.45) is 9.29. The van der Waals surface area contributed by atoms with Gasteiger partial charge >= 0.3 is 0 Å². The van der Waals surface area contributed by atoms with Gasteiger partial charge in [0.1, 0.15) is 0 Å². The van der Waals surface area contributed by atoms with Crippen LogP contribution in [0.2, 0.25) is 0 Å². The summed E-state index contributed by atoms with van der Waals surface area (Å²) in [7, 11) is 0. The quantitative estimate of drug-likeness (QED) is 0.669. The lowest BCUT2D eigenvalue weighted by molar-refractivity contribution is 0.172. The Labute approximate surface area is 88.9 Å². The Bertz CT molecular complexity index is 144. The van der Waals surface area contributed by atoms with Gasteiger partial charge in [0.2, 0.25) is 0 Å². The van der Waals surface area contributed by atoms with Gasteiger partial charge in [0.05, 0.1) is 0 Å². The predicted octanol–water partition coefficient (Wildman–Crippen LogP) is 3.61. The van der Waals surface area contributed by atoms with E-state index in [1.54, 1.807) is 0 Å². The number of aliphatic hydroxyl groups excluding tert-OH is 1. The first kappa shape index (κ1) is 12.0. The van der Waals surface area contributed by atoms with Gasteiger partial charge in [-0.05, 0) is 30.6 Å². The molecule has 0 radical (unpaired) electrons. The van der Waals surface area contributed by atoms with Crippen LogP contribution in [0.25, 0.3) is 0 Å². The third-order valence-corrected chi connectivity index (χ3v) is 3.98. The molecule has 0 bridgehead atoms. The highest BCUT2D eigenvalue weighted by molar-refractivity contribution is 4.76. The molecular weight excluding hydrogens is 172 g/mol. The largest absolute Gasteiger partial charge is 0.396 e. The lowest BCUT2D eigenvalue weighted by Gasteiger charge is -2.33. The molecule has 0 aliphatic heterocycles. The highest BCUT2D eigenvalue weighted by Crippen LogP contribution is 2.36. The fraction of sp³-hybridized carbons (Fsp3) is 1.00. The molecule has 0 heterocycles. The standard InChI is InChI=1S/C13H26O/c1-11-7-3-4-9-13(11)12(2)8-5-6-10-14/h11-14H,3-10H2,1-2H3. The molecule has 1 aliphatic rings. The van der Waals surface area contributed by atoms with E-state index in [1.807, 2.05) is 0 Å². The second kappa shape index (κ2) is 6.44. The van der Waals surface area contributed by atoms with Crippen LogP contribution in [0, 0.1) is 17.8 Å². The minimum absolute atomic E-state index is 0.368. The second-order valence-corrected chi connectivity index (χ2v) is 5.12. The van der Waals surface area contributed by atoms with Crippen LogP contribution in [0.4, 0.5) is 0 Å². The summed E-state index contributed by atoms with van der Waals surface area (Å²) < 4.78 is 0. The first-order valence-corrected chi connectivity index (χ1v) is 6.36. The number of hydrogen-bond acceptors (Lipinski definition) is 1. The molecule has 0 saturated heterocycles. The van der Waals surface area contributed by atoms with Gasteiger partial charge in [-0.15, -0.1) is 0 Å². The number of hydrogen-bond donors (Lipinski definition) is 1. The van der Waals surface area contributed by atoms with Gasteiger partial charge in [0, 0.05) is 6.61 Å². The Morgan fingerprint density at radius 1 is 1.21 bits per heavy atom. The number of unbranched alkanes of at least 4 members (excludes halogenated alkanes) is 1. The van der Waals surface area contributed by atoms with E-state index >= 15 is 0 Å². The molecule has 0 aromatic rings. The van der Waals surface area contributed by atoms with Crippen LogP contribution in [-0.2, 0) is 0 Å². The first-order valence-electron chi connectivity index (χ1n) is 6.36. The third kappa shape index (κ3) is 3.61. The molecule has 1 rings (SSSR count). The second-order valence-electron chi connectivity index (χ2n) is 5.12. The highest BCUT2D eigenvalue weighted by atomic mass is 16.2. The maximum Gasteiger partial charge on any atom is 0.0431 e. The van der Waals surface area contributed by atoms with E-state index in [4.69, 9.17) is 5.11 Å². The van der Waals surface area contributed by atoms with Gasteiger partial charge in [-0.1, -0.05) is 46.0 Å². The van der Waals surface area contributed by atoms with E-state index in [-0.39, 0.29) is 0 Å². The van der Waals surface area contributed by atoms with Gasteiger partial charge in [-0.25, -0.2) is 0 Å². The monoisotopic (exact) mass is 198 g/mol. The van der Waals surface area contributed by atoms with Gasteiger partial charge in [-0.2, -0.15) is 0 Å². The van der Waals surface area contributed by atoms with Crippen LogP contribution in [0.5, 0.6) is 0 Å². The van der Waals surface area contributed by atoms with Crippen molar-refractivity contribution in [2.75, 3.05) is 6.61 Å². The van der Waals surface area contributed by atoms with E-state index in [0.29, 0.717) is 6.61 Å². The van der Waals surface area contributed by atoms with Crippen molar-refractivity contribution in [3.63, 3.8) is 0 Å². The molecule has 1 aliphatic carbocycles. The van der Waals surface area contributed by atoms with Crippen molar-refractivity contribution in [3.05, 3.63) is 0 Å². The molecule has 1 heteroatoms. The maximum atomic E-state index is 8.74. The van der Waals surface area contributed by atoms with Crippen LogP contribution in [0.15, 0.2) is 0 Å². The lowest BCUT2D eigenvalue weighted by Crippen LogP contribution is -2.23. The van der Waals surface area contributed by atoms with Gasteiger partial charge in [0.25, 0.3) is 0 Å². The summed E-state index contributed by atoms with van der Waals surface area (Å²) in [5.74, 6) is 2.77. The fourth-order valence-electron chi connectivity index (χ4n) is 2.98. The van der Waals surface area contributed by atoms with Crippen LogP contribution >= 0.6 is 0 Å². The molecule has 0 amide bonds. The first-order chi connectivity index (χ1) is 6.75. The SMILES string of the molecule is CC(CCCCO)C1CCCCC1C. The number of aliphatic hydroxyl groups is 1. The lowest BCUT2D eigenvalue weighted by atomic mass is 9.72. The Morgan fingerprint density at radius 2 is 1.93 bits per heavy atom. The molecule has 84 valence electrons. The molecule has 14 heavy (non-hydrogen) atoms. The number of rotatable bonds is 5. The van der Waals surface area contributed by atoms with Crippen molar-refractivity contribution in [3.8, 4) is 0 Å². The molecular formula is C13H26O. The van der Waals surface area contributed by atoms with Crippen molar-refractivity contribution in [1.29, 1.82) is 0 Å². The van der Waals surface area contributed by atoms with E-state index < -0.39 is 0 Å². The molecule has 3 atom stereocenters. The zero-order valence-corrected chi connectivity index (χ0v) is 9.84. The summed E-state index contributed by atoms with van der Waals surface area (Å²) in [4.78, 5) is 0. The smallest absolute Gasteiger partial charge is 0.0431 e. The van der Waals surface area contributed by atoms with Crippen LogP contribution < -0.4 is 0 Å². The van der Waals surface area contributed by atoms with Crippen molar-refractivity contribution < 1.29 is 5.11 Å². The van der Waals surface area contributed by atoms with E-state index in [2.05, 4.69) is 13.8 Å². The zero-order chi connectivity index (χ0) is 10.4. The summed E-state index contributed by atoms with van der Waals surface area (Å²) in [6.45, 7) is 5.20. The van der Waals surface area contributed by atoms with E-state index in [9.17, 15) is 0 Å². The van der Waals surface area contributed by atoms with Crippen molar-refractivity contribution in [2.45, 2.75) is 58.8 Å². The Balaban J connectivity index is 2.23. The minimum atomic E-state index is 0.368. The molecule has 3 unspecified atom stereocenters. The molecule has 1 N–H and O–H groups in total. The summed E-state index contributed by atoms with van der Waals surface area (Å²) >= 11 is 0. The molecule has 1 saturated carbocycles. The molecule has 1 nitrogen and oxygen atoms in total. The maximum absolute atomic E-state index is 8.74.